The van der Waals surface area contributed by atoms with Crippen molar-refractivity contribution in [1.82, 2.24) is 0 Å². The lowest BCUT2D eigenvalue weighted by atomic mass is 10.1. The Balaban J connectivity index is 2.00. The molecule has 0 amide bonds. The van der Waals surface area contributed by atoms with Gasteiger partial charge in [0.05, 0.1) is 19.0 Å². The molecule has 1 aromatic carbocycles. The van der Waals surface area contributed by atoms with Crippen LogP contribution in [0.5, 0.6) is 11.5 Å². The molecule has 0 aliphatic carbocycles. The van der Waals surface area contributed by atoms with Crippen LogP contribution in [0.25, 0.3) is 0 Å². The Kier molecular flexibility index (Phi) is 5.14. The van der Waals surface area contributed by atoms with Crippen molar-refractivity contribution in [3.63, 3.8) is 0 Å². The van der Waals surface area contributed by atoms with E-state index in [9.17, 15) is 4.79 Å². The number of carbonyl (C=O) groups is 1. The van der Waals surface area contributed by atoms with Crippen molar-refractivity contribution >= 4 is 17.5 Å². The molecule has 0 atom stereocenters. The van der Waals surface area contributed by atoms with Gasteiger partial charge in [-0.25, -0.2) is 0 Å². The molecule has 4 heteroatoms. The van der Waals surface area contributed by atoms with Crippen LogP contribution in [-0.2, 0) is 0 Å². The number of thioether (sulfide) groups is 1. The second-order valence-electron chi connectivity index (χ2n) is 5.04. The average molecular weight is 280 g/mol. The Labute approximate surface area is 118 Å². The fourth-order valence-corrected chi connectivity index (χ4v) is 2.75. The highest BCUT2D eigenvalue weighted by molar-refractivity contribution is 7.99. The highest BCUT2D eigenvalue weighted by Crippen LogP contribution is 2.30. The molecule has 104 valence electrons. The van der Waals surface area contributed by atoms with E-state index in [-0.39, 0.29) is 5.78 Å². The number of hydrogen-bond acceptors (Lipinski definition) is 4. The molecule has 19 heavy (non-hydrogen) atoms. The van der Waals surface area contributed by atoms with Gasteiger partial charge in [-0.1, -0.05) is 13.8 Å². The van der Waals surface area contributed by atoms with Gasteiger partial charge in [-0.3, -0.25) is 4.79 Å². The van der Waals surface area contributed by atoms with Crippen LogP contribution in [0, 0.1) is 5.92 Å². The quantitative estimate of drug-likeness (QED) is 0.774. The molecule has 0 saturated carbocycles. The SMILES string of the molecule is CC(C)CSCC(=O)c1ccc2c(c1)OCCCO2. The van der Waals surface area contributed by atoms with Crippen LogP contribution in [0.1, 0.15) is 30.6 Å². The molecular weight excluding hydrogens is 260 g/mol. The van der Waals surface area contributed by atoms with Gasteiger partial charge in [0, 0.05) is 12.0 Å². The highest BCUT2D eigenvalue weighted by atomic mass is 32.2. The molecule has 0 aromatic heterocycles. The van der Waals surface area contributed by atoms with E-state index in [1.807, 2.05) is 12.1 Å². The minimum absolute atomic E-state index is 0.154. The summed E-state index contributed by atoms with van der Waals surface area (Å²) in [6.07, 6.45) is 0.877. The van der Waals surface area contributed by atoms with E-state index in [0.29, 0.717) is 36.2 Å². The molecule has 0 spiro atoms. The van der Waals surface area contributed by atoms with Crippen molar-refractivity contribution in [2.24, 2.45) is 5.92 Å². The van der Waals surface area contributed by atoms with Gasteiger partial charge >= 0.3 is 0 Å². The van der Waals surface area contributed by atoms with Crippen LogP contribution in [-0.4, -0.2) is 30.5 Å². The van der Waals surface area contributed by atoms with Crippen LogP contribution in [0.15, 0.2) is 18.2 Å². The van der Waals surface area contributed by atoms with Crippen LogP contribution in [0.4, 0.5) is 0 Å². The number of carbonyl (C=O) groups excluding carboxylic acids is 1. The van der Waals surface area contributed by atoms with Crippen LogP contribution in [0.2, 0.25) is 0 Å². The van der Waals surface area contributed by atoms with E-state index in [1.165, 1.54) is 0 Å². The van der Waals surface area contributed by atoms with E-state index in [2.05, 4.69) is 13.8 Å². The van der Waals surface area contributed by atoms with Gasteiger partial charge in [-0.2, -0.15) is 11.8 Å². The van der Waals surface area contributed by atoms with Crippen molar-refractivity contribution < 1.29 is 14.3 Å². The molecule has 1 aromatic rings. The first-order valence-electron chi connectivity index (χ1n) is 6.67. The summed E-state index contributed by atoms with van der Waals surface area (Å²) in [4.78, 5) is 12.1. The third kappa shape index (κ3) is 4.16. The summed E-state index contributed by atoms with van der Waals surface area (Å²) < 4.78 is 11.2. The number of Topliss-reactive ketones (excluding diaryl/α,β-unsaturated/α-hetero) is 1. The molecule has 0 unspecified atom stereocenters. The minimum atomic E-state index is 0.154. The molecule has 1 aliphatic heterocycles. The fraction of sp³-hybridized carbons (Fsp3) is 0.533. The number of fused-ring (bicyclic) bond motifs is 1. The summed E-state index contributed by atoms with van der Waals surface area (Å²) in [6.45, 7) is 5.63. The molecule has 0 saturated heterocycles. The Morgan fingerprint density at radius 3 is 2.74 bits per heavy atom. The molecule has 0 N–H and O–H groups in total. The van der Waals surface area contributed by atoms with Crippen LogP contribution < -0.4 is 9.47 Å². The number of ketones is 1. The summed E-state index contributed by atoms with van der Waals surface area (Å²) in [5.41, 5.74) is 0.709. The third-order valence-electron chi connectivity index (χ3n) is 2.75. The Morgan fingerprint density at radius 2 is 2.00 bits per heavy atom. The van der Waals surface area contributed by atoms with Gasteiger partial charge in [0.1, 0.15) is 0 Å². The average Bonchev–Trinajstić information content (AvgIpc) is 2.62. The maximum atomic E-state index is 12.1. The fourth-order valence-electron chi connectivity index (χ4n) is 1.81. The first kappa shape index (κ1) is 14.3. The van der Waals surface area contributed by atoms with Crippen LogP contribution >= 0.6 is 11.8 Å². The highest BCUT2D eigenvalue weighted by Gasteiger charge is 2.14. The summed E-state index contributed by atoms with van der Waals surface area (Å²) in [5, 5.41) is 0. The molecule has 0 fully saturated rings. The summed E-state index contributed by atoms with van der Waals surface area (Å²) in [6, 6.07) is 5.46. The third-order valence-corrected chi connectivity index (χ3v) is 4.12. The summed E-state index contributed by atoms with van der Waals surface area (Å²) >= 11 is 1.68. The van der Waals surface area contributed by atoms with Gasteiger partial charge in [-0.05, 0) is 29.9 Å². The van der Waals surface area contributed by atoms with Gasteiger partial charge in [0.15, 0.2) is 17.3 Å². The van der Waals surface area contributed by atoms with E-state index < -0.39 is 0 Å². The lowest BCUT2D eigenvalue weighted by molar-refractivity contribution is 0.102. The maximum absolute atomic E-state index is 12.1. The largest absolute Gasteiger partial charge is 0.490 e. The topological polar surface area (TPSA) is 35.5 Å². The van der Waals surface area contributed by atoms with Gasteiger partial charge in [-0.15, -0.1) is 0 Å². The Morgan fingerprint density at radius 1 is 1.26 bits per heavy atom. The first-order valence-corrected chi connectivity index (χ1v) is 7.83. The molecule has 3 nitrogen and oxygen atoms in total. The van der Waals surface area contributed by atoms with Crippen molar-refractivity contribution in [2.75, 3.05) is 24.7 Å². The Bertz CT molecular complexity index is 443. The van der Waals surface area contributed by atoms with Crippen LogP contribution in [0.3, 0.4) is 0 Å². The van der Waals surface area contributed by atoms with E-state index in [1.54, 1.807) is 17.8 Å². The van der Waals surface area contributed by atoms with E-state index >= 15 is 0 Å². The normalized spacial score (nSPS) is 14.3. The number of hydrogen-bond donors (Lipinski definition) is 0. The molecule has 1 aliphatic rings. The second kappa shape index (κ2) is 6.85. The molecule has 2 rings (SSSR count). The van der Waals surface area contributed by atoms with Gasteiger partial charge < -0.3 is 9.47 Å². The number of rotatable bonds is 5. The monoisotopic (exact) mass is 280 g/mol. The second-order valence-corrected chi connectivity index (χ2v) is 6.07. The van der Waals surface area contributed by atoms with Crippen molar-refractivity contribution in [2.45, 2.75) is 20.3 Å². The minimum Gasteiger partial charge on any atom is -0.490 e. The van der Waals surface area contributed by atoms with Crippen molar-refractivity contribution in [1.29, 1.82) is 0 Å². The smallest absolute Gasteiger partial charge is 0.172 e. The number of benzene rings is 1. The van der Waals surface area contributed by atoms with Crippen molar-refractivity contribution in [3.05, 3.63) is 23.8 Å². The zero-order valence-electron chi connectivity index (χ0n) is 11.5. The summed E-state index contributed by atoms with van der Waals surface area (Å²) in [7, 11) is 0. The zero-order valence-corrected chi connectivity index (χ0v) is 12.3. The van der Waals surface area contributed by atoms with Gasteiger partial charge in [0.25, 0.3) is 0 Å². The zero-order chi connectivity index (χ0) is 13.7. The molecular formula is C15H20O3S. The van der Waals surface area contributed by atoms with Gasteiger partial charge in [0.2, 0.25) is 0 Å². The van der Waals surface area contributed by atoms with E-state index in [0.717, 1.165) is 17.9 Å². The maximum Gasteiger partial charge on any atom is 0.172 e. The predicted octanol–water partition coefficient (Wildman–Crippen LogP) is 3.42. The molecule has 0 bridgehead atoms. The lowest BCUT2D eigenvalue weighted by Crippen LogP contribution is -2.05. The first-order chi connectivity index (χ1) is 9.16. The summed E-state index contributed by atoms with van der Waals surface area (Å²) in [5.74, 6) is 3.73. The lowest BCUT2D eigenvalue weighted by Gasteiger charge is -2.09. The predicted molar refractivity (Wildman–Crippen MR) is 78.5 cm³/mol. The van der Waals surface area contributed by atoms with Crippen molar-refractivity contribution in [3.8, 4) is 11.5 Å². The standard InChI is InChI=1S/C15H20O3S/c1-11(2)9-19-10-13(16)12-4-5-14-15(8-12)18-7-3-6-17-14/h4-5,8,11H,3,6-7,9-10H2,1-2H3. The molecule has 1 heterocycles. The molecule has 0 radical (unpaired) electrons. The van der Waals surface area contributed by atoms with E-state index in [4.69, 9.17) is 9.47 Å². The number of ether oxygens (including phenoxy) is 2. The Hall–Kier alpha value is -1.16.